The van der Waals surface area contributed by atoms with Gasteiger partial charge in [-0.3, -0.25) is 0 Å². The van der Waals surface area contributed by atoms with Crippen molar-refractivity contribution in [1.82, 2.24) is 9.97 Å². The van der Waals surface area contributed by atoms with Gasteiger partial charge in [-0.2, -0.15) is 0 Å². The smallest absolute Gasteiger partial charge is 0.148 e. The minimum Gasteiger partial charge on any atom is -0.345 e. The van der Waals surface area contributed by atoms with E-state index in [2.05, 4.69) is 9.97 Å². The monoisotopic (exact) mass is 282 g/mol. The van der Waals surface area contributed by atoms with Gasteiger partial charge in [0, 0.05) is 12.6 Å². The molecule has 0 aliphatic carbocycles. The first-order valence-corrected chi connectivity index (χ1v) is 6.71. The first-order valence-electron chi connectivity index (χ1n) is 5.07. The predicted octanol–water partition coefficient (Wildman–Crippen LogP) is 4.52. The number of aromatic nitrogens is 2. The Kier molecular flexibility index (Phi) is 2.82. The average Bonchev–Trinajstić information content (AvgIpc) is 2.88. The summed E-state index contributed by atoms with van der Waals surface area (Å²) < 4.78 is 1.20. The van der Waals surface area contributed by atoms with Crippen LogP contribution < -0.4 is 0 Å². The largest absolute Gasteiger partial charge is 0.345 e. The number of thiazole rings is 1. The normalized spacial score (nSPS) is 11.2. The van der Waals surface area contributed by atoms with Crippen molar-refractivity contribution in [3.63, 3.8) is 0 Å². The van der Waals surface area contributed by atoms with Gasteiger partial charge in [-0.1, -0.05) is 29.3 Å². The van der Waals surface area contributed by atoms with E-state index < -0.39 is 0 Å². The third kappa shape index (κ3) is 2.06. The van der Waals surface area contributed by atoms with Crippen LogP contribution >= 0.6 is 34.5 Å². The Bertz CT molecular complexity index is 672. The molecule has 0 saturated heterocycles. The third-order valence-electron chi connectivity index (χ3n) is 2.62. The number of hydrogen-bond acceptors (Lipinski definition) is 2. The van der Waals surface area contributed by atoms with E-state index in [1.807, 2.05) is 29.9 Å². The molecule has 0 atom stereocenters. The lowest BCUT2D eigenvalue weighted by atomic mass is 10.1. The number of hydrogen-bond donors (Lipinski definition) is 1. The number of H-pyrrole nitrogens is 1. The molecule has 17 heavy (non-hydrogen) atoms. The number of aromatic amines is 1. The molecule has 0 saturated carbocycles. The van der Waals surface area contributed by atoms with Gasteiger partial charge in [-0.05, 0) is 23.3 Å². The fourth-order valence-corrected chi connectivity index (χ4v) is 2.89. The molecule has 0 fully saturated rings. The Labute approximate surface area is 112 Å². The summed E-state index contributed by atoms with van der Waals surface area (Å²) in [5.41, 5.74) is 5.18. The highest BCUT2D eigenvalue weighted by Gasteiger charge is 2.07. The van der Waals surface area contributed by atoms with Crippen molar-refractivity contribution >= 4 is 44.9 Å². The summed E-state index contributed by atoms with van der Waals surface area (Å²) >= 11 is 13.5. The molecule has 0 amide bonds. The van der Waals surface area contributed by atoms with Crippen LogP contribution in [0.4, 0.5) is 0 Å². The Balaban J connectivity index is 1.97. The zero-order valence-corrected chi connectivity index (χ0v) is 11.0. The van der Waals surface area contributed by atoms with Gasteiger partial charge >= 0.3 is 0 Å². The molecule has 0 spiro atoms. The number of benzene rings is 1. The molecule has 0 aliphatic heterocycles. The van der Waals surface area contributed by atoms with Crippen LogP contribution in [0.5, 0.6) is 0 Å². The van der Waals surface area contributed by atoms with Crippen molar-refractivity contribution in [2.24, 2.45) is 0 Å². The van der Waals surface area contributed by atoms with E-state index in [0.29, 0.717) is 10.0 Å². The fourth-order valence-electron chi connectivity index (χ4n) is 1.80. The first-order chi connectivity index (χ1) is 8.24. The van der Waals surface area contributed by atoms with Crippen molar-refractivity contribution in [3.8, 4) is 0 Å². The fraction of sp³-hybridized carbons (Fsp3) is 0.0833. The van der Waals surface area contributed by atoms with E-state index in [4.69, 9.17) is 23.2 Å². The van der Waals surface area contributed by atoms with E-state index >= 15 is 0 Å². The van der Waals surface area contributed by atoms with Crippen LogP contribution in [-0.4, -0.2) is 9.97 Å². The number of fused-ring (bicyclic) bond motifs is 1. The lowest BCUT2D eigenvalue weighted by Gasteiger charge is -2.01. The van der Waals surface area contributed by atoms with Crippen molar-refractivity contribution in [1.29, 1.82) is 0 Å². The van der Waals surface area contributed by atoms with E-state index in [0.717, 1.165) is 17.6 Å². The molecule has 2 aromatic heterocycles. The molecule has 0 radical (unpaired) electrons. The third-order valence-corrected chi connectivity index (χ3v) is 4.26. The Morgan fingerprint density at radius 1 is 1.24 bits per heavy atom. The standard InChI is InChI=1S/C12H8Cl2N2S/c13-9-2-1-7(4-10(9)14)3-8-5-15-12-11(8)17-6-16-12/h1-2,4-6,15H,3H2. The van der Waals surface area contributed by atoms with E-state index in [-0.39, 0.29) is 0 Å². The molecular formula is C12H8Cl2N2S. The van der Waals surface area contributed by atoms with E-state index in [1.165, 1.54) is 10.3 Å². The topological polar surface area (TPSA) is 28.7 Å². The molecule has 3 rings (SSSR count). The van der Waals surface area contributed by atoms with E-state index in [1.54, 1.807) is 11.3 Å². The Morgan fingerprint density at radius 2 is 2.12 bits per heavy atom. The van der Waals surface area contributed by atoms with Gasteiger partial charge in [0.15, 0.2) is 0 Å². The summed E-state index contributed by atoms with van der Waals surface area (Å²) in [4.78, 5) is 7.38. The second-order valence-corrected chi connectivity index (χ2v) is 5.44. The van der Waals surface area contributed by atoms with Gasteiger partial charge in [-0.15, -0.1) is 11.3 Å². The minimum absolute atomic E-state index is 0.590. The first kappa shape index (κ1) is 11.1. The quantitative estimate of drug-likeness (QED) is 0.735. The molecule has 2 nitrogen and oxygen atoms in total. The lowest BCUT2D eigenvalue weighted by molar-refractivity contribution is 1.21. The molecule has 1 N–H and O–H groups in total. The summed E-state index contributed by atoms with van der Waals surface area (Å²) in [7, 11) is 0. The molecule has 0 bridgehead atoms. The SMILES string of the molecule is Clc1ccc(Cc2c[nH]c3ncsc23)cc1Cl. The van der Waals surface area contributed by atoms with Gasteiger partial charge in [0.05, 0.1) is 20.3 Å². The van der Waals surface area contributed by atoms with Crippen LogP contribution in [0.15, 0.2) is 29.9 Å². The number of rotatable bonds is 2. The second-order valence-electron chi connectivity index (χ2n) is 3.77. The molecule has 86 valence electrons. The summed E-state index contributed by atoms with van der Waals surface area (Å²) in [6.07, 6.45) is 2.83. The van der Waals surface area contributed by atoms with Crippen molar-refractivity contribution in [2.75, 3.05) is 0 Å². The van der Waals surface area contributed by atoms with Crippen molar-refractivity contribution in [2.45, 2.75) is 6.42 Å². The van der Waals surface area contributed by atoms with Crippen LogP contribution in [0.3, 0.4) is 0 Å². The molecular weight excluding hydrogens is 275 g/mol. The molecule has 1 aromatic carbocycles. The Morgan fingerprint density at radius 3 is 2.94 bits per heavy atom. The highest BCUT2D eigenvalue weighted by atomic mass is 35.5. The molecule has 5 heteroatoms. The maximum Gasteiger partial charge on any atom is 0.148 e. The molecule has 0 aliphatic rings. The van der Waals surface area contributed by atoms with Crippen LogP contribution in [0.2, 0.25) is 10.0 Å². The molecule has 2 heterocycles. The predicted molar refractivity (Wildman–Crippen MR) is 73.2 cm³/mol. The maximum absolute atomic E-state index is 6.00. The summed E-state index contributed by atoms with van der Waals surface area (Å²) in [5.74, 6) is 0. The number of halogens is 2. The van der Waals surface area contributed by atoms with Gasteiger partial charge < -0.3 is 4.98 Å². The Hall–Kier alpha value is -1.03. The molecule has 0 unspecified atom stereocenters. The van der Waals surface area contributed by atoms with Crippen LogP contribution in [0, 0.1) is 0 Å². The number of nitrogens with zero attached hydrogens (tertiary/aromatic N) is 1. The summed E-state index contributed by atoms with van der Waals surface area (Å²) in [6, 6.07) is 5.73. The van der Waals surface area contributed by atoms with Gasteiger partial charge in [0.25, 0.3) is 0 Å². The molecule has 3 aromatic rings. The summed E-state index contributed by atoms with van der Waals surface area (Å²) in [6.45, 7) is 0. The minimum atomic E-state index is 0.590. The summed E-state index contributed by atoms with van der Waals surface area (Å²) in [5, 5.41) is 1.19. The zero-order chi connectivity index (χ0) is 11.8. The van der Waals surface area contributed by atoms with Crippen molar-refractivity contribution in [3.05, 3.63) is 51.1 Å². The highest BCUT2D eigenvalue weighted by molar-refractivity contribution is 7.16. The zero-order valence-electron chi connectivity index (χ0n) is 8.71. The van der Waals surface area contributed by atoms with Crippen LogP contribution in [-0.2, 0) is 6.42 Å². The van der Waals surface area contributed by atoms with Crippen molar-refractivity contribution < 1.29 is 0 Å². The van der Waals surface area contributed by atoms with E-state index in [9.17, 15) is 0 Å². The number of nitrogens with one attached hydrogen (secondary N) is 1. The van der Waals surface area contributed by atoms with Crippen LogP contribution in [0.1, 0.15) is 11.1 Å². The highest BCUT2D eigenvalue weighted by Crippen LogP contribution is 2.27. The van der Waals surface area contributed by atoms with Crippen LogP contribution in [0.25, 0.3) is 10.3 Å². The van der Waals surface area contributed by atoms with Gasteiger partial charge in [-0.25, -0.2) is 4.98 Å². The van der Waals surface area contributed by atoms with Gasteiger partial charge in [0.2, 0.25) is 0 Å². The van der Waals surface area contributed by atoms with Gasteiger partial charge in [0.1, 0.15) is 5.65 Å². The lowest BCUT2D eigenvalue weighted by Crippen LogP contribution is -1.86. The average molecular weight is 283 g/mol. The maximum atomic E-state index is 6.00. The second kappa shape index (κ2) is 4.33.